The second-order valence-corrected chi connectivity index (χ2v) is 6.62. The van der Waals surface area contributed by atoms with Gasteiger partial charge in [-0.05, 0) is 36.5 Å². The molecule has 0 bridgehead atoms. The molecule has 0 spiro atoms. The first-order valence-corrected chi connectivity index (χ1v) is 7.90. The topological polar surface area (TPSA) is 12.0 Å². The van der Waals surface area contributed by atoms with E-state index >= 15 is 0 Å². The molecule has 0 radical (unpaired) electrons. The van der Waals surface area contributed by atoms with Crippen LogP contribution in [0.2, 0.25) is 4.34 Å². The zero-order chi connectivity index (χ0) is 12.1. The summed E-state index contributed by atoms with van der Waals surface area (Å²) in [6, 6.07) is 8.69. The minimum Gasteiger partial charge on any atom is -0.305 e. The van der Waals surface area contributed by atoms with E-state index in [-0.39, 0.29) is 0 Å². The highest BCUT2D eigenvalue weighted by Crippen LogP contribution is 2.32. The van der Waals surface area contributed by atoms with E-state index in [1.54, 1.807) is 22.7 Å². The summed E-state index contributed by atoms with van der Waals surface area (Å²) in [6.45, 7) is 3.26. The van der Waals surface area contributed by atoms with Gasteiger partial charge in [-0.2, -0.15) is 0 Å². The van der Waals surface area contributed by atoms with Crippen LogP contribution in [0.5, 0.6) is 0 Å². The van der Waals surface area contributed by atoms with Gasteiger partial charge in [0, 0.05) is 9.75 Å². The Morgan fingerprint density at radius 2 is 2.18 bits per heavy atom. The van der Waals surface area contributed by atoms with Gasteiger partial charge in [0.1, 0.15) is 0 Å². The normalized spacial score (nSPS) is 12.8. The van der Waals surface area contributed by atoms with Crippen molar-refractivity contribution in [3.8, 4) is 0 Å². The van der Waals surface area contributed by atoms with Crippen LogP contribution in [-0.2, 0) is 0 Å². The molecule has 0 aliphatic heterocycles. The van der Waals surface area contributed by atoms with Crippen molar-refractivity contribution in [1.29, 1.82) is 0 Å². The average Bonchev–Trinajstić information content (AvgIpc) is 2.96. The minimum atomic E-state index is 0.305. The summed E-state index contributed by atoms with van der Waals surface area (Å²) in [6.07, 6.45) is 2.43. The van der Waals surface area contributed by atoms with Crippen molar-refractivity contribution in [2.45, 2.75) is 25.8 Å². The zero-order valence-electron chi connectivity index (χ0n) is 9.78. The maximum atomic E-state index is 6.02. The lowest BCUT2D eigenvalue weighted by Gasteiger charge is -2.15. The van der Waals surface area contributed by atoms with Crippen LogP contribution in [0.3, 0.4) is 0 Å². The molecule has 0 aliphatic rings. The molecule has 0 saturated heterocycles. The zero-order valence-corrected chi connectivity index (χ0v) is 12.2. The summed E-state index contributed by atoms with van der Waals surface area (Å²) in [5.41, 5.74) is 0. The molecule has 1 nitrogen and oxygen atoms in total. The number of hydrogen-bond donors (Lipinski definition) is 1. The summed E-state index contributed by atoms with van der Waals surface area (Å²) in [4.78, 5) is 2.66. The third kappa shape index (κ3) is 3.55. The van der Waals surface area contributed by atoms with Crippen LogP contribution in [0, 0.1) is 0 Å². The van der Waals surface area contributed by atoms with E-state index in [2.05, 4.69) is 35.8 Å². The van der Waals surface area contributed by atoms with Crippen molar-refractivity contribution in [2.75, 3.05) is 6.54 Å². The van der Waals surface area contributed by atoms with Gasteiger partial charge < -0.3 is 5.32 Å². The second kappa shape index (κ2) is 6.55. The fraction of sp³-hybridized carbons (Fsp3) is 0.385. The molecule has 2 aromatic rings. The number of halogens is 1. The van der Waals surface area contributed by atoms with E-state index in [9.17, 15) is 0 Å². The lowest BCUT2D eigenvalue weighted by atomic mass is 10.2. The highest BCUT2D eigenvalue weighted by molar-refractivity contribution is 7.16. The molecular formula is C13H16ClNS2. The van der Waals surface area contributed by atoms with Crippen LogP contribution in [0.4, 0.5) is 0 Å². The van der Waals surface area contributed by atoms with E-state index in [0.29, 0.717) is 6.04 Å². The van der Waals surface area contributed by atoms with Gasteiger partial charge in [0.05, 0.1) is 10.4 Å². The van der Waals surface area contributed by atoms with E-state index in [0.717, 1.165) is 10.9 Å². The fourth-order valence-corrected chi connectivity index (χ4v) is 3.75. The van der Waals surface area contributed by atoms with Gasteiger partial charge in [-0.1, -0.05) is 31.0 Å². The minimum absolute atomic E-state index is 0.305. The highest BCUT2D eigenvalue weighted by atomic mass is 35.5. The van der Waals surface area contributed by atoms with Crippen molar-refractivity contribution < 1.29 is 0 Å². The van der Waals surface area contributed by atoms with Crippen LogP contribution < -0.4 is 5.32 Å². The Labute approximate surface area is 115 Å². The van der Waals surface area contributed by atoms with Gasteiger partial charge in [-0.3, -0.25) is 0 Å². The predicted molar refractivity (Wildman–Crippen MR) is 78.4 cm³/mol. The Hall–Kier alpha value is -0.350. The van der Waals surface area contributed by atoms with Crippen LogP contribution >= 0.6 is 34.3 Å². The lowest BCUT2D eigenvalue weighted by Crippen LogP contribution is -2.21. The Morgan fingerprint density at radius 1 is 1.29 bits per heavy atom. The van der Waals surface area contributed by atoms with Crippen molar-refractivity contribution >= 4 is 34.3 Å². The van der Waals surface area contributed by atoms with Gasteiger partial charge in [0.25, 0.3) is 0 Å². The molecule has 0 aliphatic carbocycles. The Morgan fingerprint density at radius 3 is 2.76 bits per heavy atom. The first-order chi connectivity index (χ1) is 8.31. The number of rotatable bonds is 6. The smallest absolute Gasteiger partial charge is 0.0931 e. The maximum Gasteiger partial charge on any atom is 0.0931 e. The third-order valence-corrected chi connectivity index (χ3v) is 4.82. The molecule has 1 atom stereocenters. The average molecular weight is 286 g/mol. The first kappa shape index (κ1) is 13.1. The van der Waals surface area contributed by atoms with Gasteiger partial charge in [0.2, 0.25) is 0 Å². The second-order valence-electron chi connectivity index (χ2n) is 3.90. The number of hydrogen-bond acceptors (Lipinski definition) is 3. The summed E-state index contributed by atoms with van der Waals surface area (Å²) in [5.74, 6) is 0. The van der Waals surface area contributed by atoms with E-state index in [4.69, 9.17) is 11.6 Å². The molecule has 2 aromatic heterocycles. The molecule has 2 rings (SSSR count). The van der Waals surface area contributed by atoms with E-state index in [1.165, 1.54) is 22.6 Å². The molecule has 0 amide bonds. The van der Waals surface area contributed by atoms with Crippen molar-refractivity contribution in [3.05, 3.63) is 43.7 Å². The molecular weight excluding hydrogens is 270 g/mol. The van der Waals surface area contributed by atoms with Crippen LogP contribution in [0.25, 0.3) is 0 Å². The molecule has 2 heterocycles. The highest BCUT2D eigenvalue weighted by Gasteiger charge is 2.16. The molecule has 1 unspecified atom stereocenters. The van der Waals surface area contributed by atoms with E-state index in [1.807, 2.05) is 6.07 Å². The predicted octanol–water partition coefficient (Wildman–Crippen LogP) is 4.94. The largest absolute Gasteiger partial charge is 0.305 e. The number of nitrogens with one attached hydrogen (secondary N) is 1. The molecule has 4 heteroatoms. The first-order valence-electron chi connectivity index (χ1n) is 5.83. The molecule has 17 heavy (non-hydrogen) atoms. The standard InChI is InChI=1S/C13H16ClNS2/c1-2-3-8-15-13(10-5-4-9-16-10)11-6-7-12(14)17-11/h4-7,9,13,15H,2-3,8H2,1H3. The third-order valence-electron chi connectivity index (χ3n) is 2.58. The number of unbranched alkanes of at least 4 members (excludes halogenated alkanes) is 1. The molecule has 92 valence electrons. The van der Waals surface area contributed by atoms with Crippen molar-refractivity contribution in [3.63, 3.8) is 0 Å². The summed E-state index contributed by atoms with van der Waals surface area (Å²) >= 11 is 9.48. The van der Waals surface area contributed by atoms with Crippen molar-refractivity contribution in [1.82, 2.24) is 5.32 Å². The summed E-state index contributed by atoms with van der Waals surface area (Å²) < 4.78 is 0.860. The maximum absolute atomic E-state index is 6.02. The number of thiophene rings is 2. The molecule has 0 aromatic carbocycles. The molecule has 1 N–H and O–H groups in total. The van der Waals surface area contributed by atoms with Gasteiger partial charge in [-0.25, -0.2) is 0 Å². The Kier molecular flexibility index (Phi) is 5.04. The Balaban J connectivity index is 2.13. The summed E-state index contributed by atoms with van der Waals surface area (Å²) in [7, 11) is 0. The van der Waals surface area contributed by atoms with E-state index < -0.39 is 0 Å². The molecule has 0 saturated carbocycles. The van der Waals surface area contributed by atoms with Gasteiger partial charge in [-0.15, -0.1) is 22.7 Å². The lowest BCUT2D eigenvalue weighted by molar-refractivity contribution is 0.591. The molecule has 0 fully saturated rings. The SMILES string of the molecule is CCCCNC(c1cccs1)c1ccc(Cl)s1. The van der Waals surface area contributed by atoms with Gasteiger partial charge in [0.15, 0.2) is 0 Å². The Bertz CT molecular complexity index is 436. The summed E-state index contributed by atoms with van der Waals surface area (Å²) in [5, 5.41) is 5.74. The van der Waals surface area contributed by atoms with Crippen molar-refractivity contribution in [2.24, 2.45) is 0 Å². The monoisotopic (exact) mass is 285 g/mol. The van der Waals surface area contributed by atoms with Crippen LogP contribution in [0.1, 0.15) is 35.6 Å². The van der Waals surface area contributed by atoms with Crippen LogP contribution in [0.15, 0.2) is 29.6 Å². The van der Waals surface area contributed by atoms with Gasteiger partial charge >= 0.3 is 0 Å². The van der Waals surface area contributed by atoms with Crippen LogP contribution in [-0.4, -0.2) is 6.54 Å². The quantitative estimate of drug-likeness (QED) is 0.741. The fourth-order valence-electron chi connectivity index (χ4n) is 1.70.